The summed E-state index contributed by atoms with van der Waals surface area (Å²) in [6.07, 6.45) is 0.216. The smallest absolute Gasteiger partial charge is 0.407 e. The van der Waals surface area contributed by atoms with Gasteiger partial charge in [-0.15, -0.1) is 0 Å². The van der Waals surface area contributed by atoms with E-state index >= 15 is 0 Å². The average molecular weight is 354 g/mol. The molecular weight excluding hydrogens is 338 g/mol. The molecule has 2 aromatic rings. The van der Waals surface area contributed by atoms with E-state index in [0.29, 0.717) is 24.4 Å². The van der Waals surface area contributed by atoms with E-state index in [-0.39, 0.29) is 10.6 Å². The molecule has 0 saturated carbocycles. The Kier molecular flexibility index (Phi) is 4.21. The summed E-state index contributed by atoms with van der Waals surface area (Å²) in [6, 6.07) is 9.67. The van der Waals surface area contributed by atoms with Crippen LogP contribution in [0.3, 0.4) is 0 Å². The molecule has 1 N–H and O–H groups in total. The van der Waals surface area contributed by atoms with Gasteiger partial charge in [0.05, 0.1) is 10.6 Å². The molecule has 1 saturated heterocycles. The summed E-state index contributed by atoms with van der Waals surface area (Å²) in [4.78, 5) is 12.6. The SMILES string of the molecule is O=C(O)N1CCC[C@@H]1CS(=O)(=O)c1ccc2cc(Cl)ccc2c1. The highest BCUT2D eigenvalue weighted by molar-refractivity contribution is 7.91. The molecule has 1 fully saturated rings. The van der Waals surface area contributed by atoms with Crippen molar-refractivity contribution in [3.8, 4) is 0 Å². The van der Waals surface area contributed by atoms with Crippen LogP contribution in [0.1, 0.15) is 12.8 Å². The first-order valence-electron chi connectivity index (χ1n) is 7.28. The van der Waals surface area contributed by atoms with Gasteiger partial charge in [-0.3, -0.25) is 0 Å². The van der Waals surface area contributed by atoms with E-state index in [1.807, 2.05) is 0 Å². The molecule has 122 valence electrons. The predicted molar refractivity (Wildman–Crippen MR) is 88.8 cm³/mol. The molecule has 1 heterocycles. The van der Waals surface area contributed by atoms with Crippen molar-refractivity contribution in [1.29, 1.82) is 0 Å². The van der Waals surface area contributed by atoms with Gasteiger partial charge in [-0.25, -0.2) is 13.2 Å². The van der Waals surface area contributed by atoms with Gasteiger partial charge in [0.1, 0.15) is 0 Å². The van der Waals surface area contributed by atoms with Gasteiger partial charge in [0.2, 0.25) is 0 Å². The highest BCUT2D eigenvalue weighted by atomic mass is 35.5. The molecule has 7 heteroatoms. The number of nitrogens with zero attached hydrogens (tertiary/aromatic N) is 1. The maximum absolute atomic E-state index is 12.6. The van der Waals surface area contributed by atoms with Gasteiger partial charge < -0.3 is 10.0 Å². The summed E-state index contributed by atoms with van der Waals surface area (Å²) < 4.78 is 25.2. The van der Waals surface area contributed by atoms with Crippen LogP contribution in [0.4, 0.5) is 4.79 Å². The number of rotatable bonds is 3. The Bertz CT molecular complexity index is 866. The predicted octanol–water partition coefficient (Wildman–Crippen LogP) is 3.41. The van der Waals surface area contributed by atoms with Crippen molar-refractivity contribution < 1.29 is 18.3 Å². The van der Waals surface area contributed by atoms with Crippen LogP contribution in [0.25, 0.3) is 10.8 Å². The van der Waals surface area contributed by atoms with Crippen LogP contribution in [-0.4, -0.2) is 42.9 Å². The zero-order valence-corrected chi connectivity index (χ0v) is 13.8. The number of amides is 1. The van der Waals surface area contributed by atoms with Crippen molar-refractivity contribution in [3.63, 3.8) is 0 Å². The van der Waals surface area contributed by atoms with Crippen molar-refractivity contribution >= 4 is 38.3 Å². The number of fused-ring (bicyclic) bond motifs is 1. The minimum atomic E-state index is -3.55. The molecule has 0 aliphatic carbocycles. The maximum Gasteiger partial charge on any atom is 0.407 e. The first kappa shape index (κ1) is 16.1. The standard InChI is InChI=1S/C16H16ClNO4S/c17-13-5-3-12-9-15(6-4-11(12)8-13)23(21,22)10-14-2-1-7-18(14)16(19)20/h3-6,8-9,14H,1-2,7,10H2,(H,19,20)/t14-/m1/s1. The molecule has 0 spiro atoms. The average Bonchev–Trinajstić information content (AvgIpc) is 2.94. The van der Waals surface area contributed by atoms with Gasteiger partial charge in [-0.2, -0.15) is 0 Å². The van der Waals surface area contributed by atoms with E-state index in [9.17, 15) is 13.2 Å². The highest BCUT2D eigenvalue weighted by Gasteiger charge is 2.32. The molecular formula is C16H16ClNO4S. The fourth-order valence-corrected chi connectivity index (χ4v) is 4.81. The van der Waals surface area contributed by atoms with Crippen LogP contribution < -0.4 is 0 Å². The zero-order valence-electron chi connectivity index (χ0n) is 12.3. The molecule has 0 unspecified atom stereocenters. The fraction of sp³-hybridized carbons (Fsp3) is 0.312. The van der Waals surface area contributed by atoms with E-state index in [0.717, 1.165) is 10.8 Å². The second-order valence-corrected chi connectivity index (χ2v) is 8.18. The van der Waals surface area contributed by atoms with Crippen LogP contribution in [0.5, 0.6) is 0 Å². The van der Waals surface area contributed by atoms with E-state index < -0.39 is 22.0 Å². The van der Waals surface area contributed by atoms with Crippen molar-refractivity contribution in [1.82, 2.24) is 4.90 Å². The number of carboxylic acid groups (broad SMARTS) is 1. The maximum atomic E-state index is 12.6. The van der Waals surface area contributed by atoms with Gasteiger partial charge in [-0.05, 0) is 47.9 Å². The molecule has 23 heavy (non-hydrogen) atoms. The first-order valence-corrected chi connectivity index (χ1v) is 9.31. The molecule has 3 rings (SSSR count). The van der Waals surface area contributed by atoms with Crippen molar-refractivity contribution in [2.75, 3.05) is 12.3 Å². The minimum absolute atomic E-state index is 0.182. The zero-order chi connectivity index (χ0) is 16.6. The Morgan fingerprint density at radius 3 is 2.65 bits per heavy atom. The molecule has 0 bridgehead atoms. The molecule has 2 aromatic carbocycles. The molecule has 1 aliphatic rings. The highest BCUT2D eigenvalue weighted by Crippen LogP contribution is 2.26. The normalized spacial score (nSPS) is 18.5. The van der Waals surface area contributed by atoms with Crippen molar-refractivity contribution in [2.24, 2.45) is 0 Å². The van der Waals surface area contributed by atoms with Crippen LogP contribution in [0, 0.1) is 0 Å². The van der Waals surface area contributed by atoms with E-state index in [1.54, 1.807) is 36.4 Å². The minimum Gasteiger partial charge on any atom is -0.465 e. The summed E-state index contributed by atoms with van der Waals surface area (Å²) in [7, 11) is -3.55. The third kappa shape index (κ3) is 3.28. The quantitative estimate of drug-likeness (QED) is 0.917. The summed E-state index contributed by atoms with van der Waals surface area (Å²) in [5, 5.41) is 11.4. The number of likely N-dealkylation sites (tertiary alicyclic amines) is 1. The van der Waals surface area contributed by atoms with Gasteiger partial charge in [0.25, 0.3) is 0 Å². The van der Waals surface area contributed by atoms with Crippen LogP contribution in [0.15, 0.2) is 41.3 Å². The molecule has 1 aliphatic heterocycles. The van der Waals surface area contributed by atoms with Gasteiger partial charge in [-0.1, -0.05) is 23.7 Å². The fourth-order valence-electron chi connectivity index (χ4n) is 3.00. The second-order valence-electron chi connectivity index (χ2n) is 5.71. The molecule has 1 amide bonds. The van der Waals surface area contributed by atoms with Gasteiger partial charge >= 0.3 is 6.09 Å². The summed E-state index contributed by atoms with van der Waals surface area (Å²) in [5.74, 6) is -0.182. The van der Waals surface area contributed by atoms with Crippen LogP contribution >= 0.6 is 11.6 Å². The summed E-state index contributed by atoms with van der Waals surface area (Å²) in [6.45, 7) is 0.395. The Labute approximate surface area is 139 Å². The number of halogens is 1. The number of carbonyl (C=O) groups is 1. The lowest BCUT2D eigenvalue weighted by atomic mass is 10.1. The Morgan fingerprint density at radius 1 is 1.22 bits per heavy atom. The second kappa shape index (κ2) is 6.02. The number of benzene rings is 2. The lowest BCUT2D eigenvalue weighted by Gasteiger charge is -2.21. The topological polar surface area (TPSA) is 74.7 Å². The number of hydrogen-bond donors (Lipinski definition) is 1. The monoisotopic (exact) mass is 353 g/mol. The van der Waals surface area contributed by atoms with Crippen molar-refractivity contribution in [3.05, 3.63) is 41.4 Å². The lowest BCUT2D eigenvalue weighted by molar-refractivity contribution is 0.144. The first-order chi connectivity index (χ1) is 10.9. The summed E-state index contributed by atoms with van der Waals surface area (Å²) >= 11 is 5.93. The van der Waals surface area contributed by atoms with Gasteiger partial charge in [0, 0.05) is 17.6 Å². The number of sulfone groups is 1. The Hall–Kier alpha value is -1.79. The van der Waals surface area contributed by atoms with Gasteiger partial charge in [0.15, 0.2) is 9.84 Å². The van der Waals surface area contributed by atoms with E-state index in [4.69, 9.17) is 16.7 Å². The lowest BCUT2D eigenvalue weighted by Crippen LogP contribution is -2.38. The third-order valence-corrected chi connectivity index (χ3v) is 6.20. The van der Waals surface area contributed by atoms with E-state index in [1.165, 1.54) is 4.90 Å². The number of hydrogen-bond acceptors (Lipinski definition) is 3. The van der Waals surface area contributed by atoms with Crippen LogP contribution in [0.2, 0.25) is 5.02 Å². The Balaban J connectivity index is 1.90. The van der Waals surface area contributed by atoms with E-state index in [2.05, 4.69) is 0 Å². The van der Waals surface area contributed by atoms with Crippen LogP contribution in [-0.2, 0) is 9.84 Å². The van der Waals surface area contributed by atoms with Crippen molar-refractivity contribution in [2.45, 2.75) is 23.8 Å². The molecule has 0 radical (unpaired) electrons. The molecule has 5 nitrogen and oxygen atoms in total. The Morgan fingerprint density at radius 2 is 1.91 bits per heavy atom. The molecule has 1 atom stereocenters. The largest absolute Gasteiger partial charge is 0.465 e. The third-order valence-electron chi connectivity index (χ3n) is 4.17. The summed E-state index contributed by atoms with van der Waals surface area (Å²) in [5.41, 5.74) is 0. The molecule has 0 aromatic heterocycles.